The van der Waals surface area contributed by atoms with Crippen molar-refractivity contribution in [3.05, 3.63) is 33.7 Å². The van der Waals surface area contributed by atoms with Crippen molar-refractivity contribution in [3.8, 4) is 0 Å². The number of carbonyl (C=O) groups excluding carboxylic acids is 1. The van der Waals surface area contributed by atoms with Gasteiger partial charge in [-0.05, 0) is 19.1 Å². The van der Waals surface area contributed by atoms with Crippen LogP contribution in [0, 0.1) is 18.8 Å². The molecule has 2 atom stereocenters. The molecule has 0 unspecified atom stereocenters. The van der Waals surface area contributed by atoms with Gasteiger partial charge in [-0.25, -0.2) is 0 Å². The summed E-state index contributed by atoms with van der Waals surface area (Å²) in [4.78, 5) is 38.0. The van der Waals surface area contributed by atoms with Crippen LogP contribution in [0.1, 0.15) is 16.1 Å². The Morgan fingerprint density at radius 1 is 1.32 bits per heavy atom. The molecule has 0 saturated carbocycles. The van der Waals surface area contributed by atoms with E-state index in [1.165, 1.54) is 12.1 Å². The number of hydrogen-bond acceptors (Lipinski definition) is 3. The van der Waals surface area contributed by atoms with E-state index < -0.39 is 48.5 Å². The second kappa shape index (κ2) is 5.47. The fourth-order valence-electron chi connectivity index (χ4n) is 2.46. The van der Waals surface area contributed by atoms with Crippen molar-refractivity contribution < 1.29 is 27.9 Å². The van der Waals surface area contributed by atoms with Gasteiger partial charge in [0.1, 0.15) is 5.56 Å². The zero-order valence-corrected chi connectivity index (χ0v) is 11.5. The van der Waals surface area contributed by atoms with E-state index in [2.05, 4.69) is 4.98 Å². The number of likely N-dealkylation sites (tertiary alicyclic amines) is 1. The van der Waals surface area contributed by atoms with Crippen molar-refractivity contribution in [1.82, 2.24) is 9.88 Å². The predicted octanol–water partition coefficient (Wildman–Crippen LogP) is 1.02. The van der Waals surface area contributed by atoms with Crippen molar-refractivity contribution >= 4 is 11.9 Å². The summed E-state index contributed by atoms with van der Waals surface area (Å²) in [6, 6.07) is 2.66. The molecule has 1 aliphatic rings. The van der Waals surface area contributed by atoms with Crippen LogP contribution < -0.4 is 5.56 Å². The first-order valence-electron chi connectivity index (χ1n) is 6.40. The van der Waals surface area contributed by atoms with Crippen molar-refractivity contribution in [1.29, 1.82) is 0 Å². The molecule has 0 spiro atoms. The van der Waals surface area contributed by atoms with Crippen LogP contribution in [0.5, 0.6) is 0 Å². The van der Waals surface area contributed by atoms with Gasteiger partial charge >= 0.3 is 12.1 Å². The Labute approximate surface area is 122 Å². The third kappa shape index (κ3) is 2.97. The van der Waals surface area contributed by atoms with Crippen molar-refractivity contribution in [2.45, 2.75) is 13.1 Å². The van der Waals surface area contributed by atoms with E-state index >= 15 is 0 Å². The highest BCUT2D eigenvalue weighted by Crippen LogP contribution is 2.38. The highest BCUT2D eigenvalue weighted by atomic mass is 19.4. The fourth-order valence-corrected chi connectivity index (χ4v) is 2.46. The number of amides is 1. The molecular weight excluding hydrogens is 305 g/mol. The minimum absolute atomic E-state index is 0.308. The normalized spacial score (nSPS) is 21.9. The third-order valence-electron chi connectivity index (χ3n) is 3.63. The van der Waals surface area contributed by atoms with Gasteiger partial charge in [0.25, 0.3) is 11.5 Å². The van der Waals surface area contributed by atoms with Crippen molar-refractivity contribution in [2.75, 3.05) is 13.1 Å². The molecule has 2 rings (SSSR count). The lowest BCUT2D eigenvalue weighted by molar-refractivity contribution is -0.187. The maximum Gasteiger partial charge on any atom is 0.394 e. The smallest absolute Gasteiger partial charge is 0.394 e. The second-order valence-corrected chi connectivity index (χ2v) is 5.19. The number of rotatable bonds is 2. The molecule has 9 heteroatoms. The van der Waals surface area contributed by atoms with E-state index in [4.69, 9.17) is 5.11 Å². The van der Waals surface area contributed by atoms with Crippen LogP contribution in [-0.2, 0) is 4.79 Å². The van der Waals surface area contributed by atoms with Crippen molar-refractivity contribution in [3.63, 3.8) is 0 Å². The lowest BCUT2D eigenvalue weighted by Gasteiger charge is -2.18. The number of halogens is 3. The molecule has 2 heterocycles. The Morgan fingerprint density at radius 3 is 2.41 bits per heavy atom. The highest BCUT2D eigenvalue weighted by molar-refractivity contribution is 5.94. The van der Waals surface area contributed by atoms with Crippen LogP contribution in [-0.4, -0.2) is 46.1 Å². The lowest BCUT2D eigenvalue weighted by Crippen LogP contribution is -2.35. The summed E-state index contributed by atoms with van der Waals surface area (Å²) in [7, 11) is 0. The number of aryl methyl sites for hydroxylation is 1. The molecule has 1 amide bonds. The van der Waals surface area contributed by atoms with E-state index in [1.54, 1.807) is 6.92 Å². The average Bonchev–Trinajstić information content (AvgIpc) is 2.83. The number of aromatic nitrogens is 1. The van der Waals surface area contributed by atoms with Gasteiger partial charge in [-0.1, -0.05) is 0 Å². The van der Waals surface area contributed by atoms with Crippen LogP contribution in [0.15, 0.2) is 16.9 Å². The van der Waals surface area contributed by atoms with Crippen LogP contribution in [0.3, 0.4) is 0 Å². The van der Waals surface area contributed by atoms with Crippen LogP contribution in [0.4, 0.5) is 13.2 Å². The number of aromatic amines is 1. The number of carboxylic acid groups (broad SMARTS) is 1. The number of H-pyrrole nitrogens is 1. The molecule has 120 valence electrons. The second-order valence-electron chi connectivity index (χ2n) is 5.19. The van der Waals surface area contributed by atoms with E-state index in [0.717, 1.165) is 4.90 Å². The van der Waals surface area contributed by atoms with Gasteiger partial charge in [-0.15, -0.1) is 0 Å². The molecule has 1 aliphatic heterocycles. The quantitative estimate of drug-likeness (QED) is 0.852. The van der Waals surface area contributed by atoms with E-state index in [-0.39, 0.29) is 5.56 Å². The predicted molar refractivity (Wildman–Crippen MR) is 68.4 cm³/mol. The number of carboxylic acids is 1. The standard InChI is InChI=1S/C13H13F3N2O4/c1-6-2-3-7(10(19)17-6)11(20)18-4-8(12(21)22)9(5-18)13(14,15)16/h2-3,8-9H,4-5H2,1H3,(H,17,19)(H,21,22)/t8-,9-/m1/s1. The number of nitrogens with zero attached hydrogens (tertiary/aromatic N) is 1. The maximum atomic E-state index is 12.9. The summed E-state index contributed by atoms with van der Waals surface area (Å²) in [6.45, 7) is 0.240. The Bertz CT molecular complexity index is 668. The van der Waals surface area contributed by atoms with Gasteiger partial charge in [0.15, 0.2) is 0 Å². The molecule has 0 bridgehead atoms. The van der Waals surface area contributed by atoms with Gasteiger partial charge in [0, 0.05) is 18.8 Å². The summed E-state index contributed by atoms with van der Waals surface area (Å²) in [5.74, 6) is -6.39. The van der Waals surface area contributed by atoms with Crippen LogP contribution >= 0.6 is 0 Å². The van der Waals surface area contributed by atoms with Crippen LogP contribution in [0.25, 0.3) is 0 Å². The number of aliphatic carboxylic acids is 1. The maximum absolute atomic E-state index is 12.9. The Morgan fingerprint density at radius 2 is 1.95 bits per heavy atom. The summed E-state index contributed by atoms with van der Waals surface area (Å²) in [5, 5.41) is 8.90. The van der Waals surface area contributed by atoms with Gasteiger partial charge < -0.3 is 15.0 Å². The number of carbonyl (C=O) groups is 2. The molecule has 1 saturated heterocycles. The van der Waals surface area contributed by atoms with E-state index in [9.17, 15) is 27.6 Å². The fraction of sp³-hybridized carbons (Fsp3) is 0.462. The van der Waals surface area contributed by atoms with Crippen LogP contribution in [0.2, 0.25) is 0 Å². The first-order valence-corrected chi connectivity index (χ1v) is 6.40. The monoisotopic (exact) mass is 318 g/mol. The largest absolute Gasteiger partial charge is 0.481 e. The summed E-state index contributed by atoms with van der Waals surface area (Å²) < 4.78 is 38.6. The van der Waals surface area contributed by atoms with Crippen molar-refractivity contribution in [2.24, 2.45) is 11.8 Å². The zero-order valence-electron chi connectivity index (χ0n) is 11.5. The molecule has 6 nitrogen and oxygen atoms in total. The molecular formula is C13H13F3N2O4. The van der Waals surface area contributed by atoms with Gasteiger partial charge in [-0.2, -0.15) is 13.2 Å². The van der Waals surface area contributed by atoms with Gasteiger partial charge in [-0.3, -0.25) is 14.4 Å². The summed E-state index contributed by atoms with van der Waals surface area (Å²) in [5.41, 5.74) is -0.524. The molecule has 1 aromatic rings. The SMILES string of the molecule is Cc1ccc(C(=O)N2C[C@@H](C(F)(F)F)[C@H](C(=O)O)C2)c(=O)[nH]1. The van der Waals surface area contributed by atoms with E-state index in [1.807, 2.05) is 0 Å². The van der Waals surface area contributed by atoms with Gasteiger partial charge in [0.05, 0.1) is 11.8 Å². The molecule has 1 fully saturated rings. The first kappa shape index (κ1) is 16.1. The summed E-state index contributed by atoms with van der Waals surface area (Å²) >= 11 is 0. The lowest BCUT2D eigenvalue weighted by atomic mass is 9.96. The third-order valence-corrected chi connectivity index (χ3v) is 3.63. The molecule has 0 aromatic carbocycles. The minimum atomic E-state index is -4.72. The number of hydrogen-bond donors (Lipinski definition) is 2. The molecule has 0 radical (unpaired) electrons. The first-order chi connectivity index (χ1) is 10.1. The number of nitrogens with one attached hydrogen (secondary N) is 1. The van der Waals surface area contributed by atoms with Gasteiger partial charge in [0.2, 0.25) is 0 Å². The van der Waals surface area contributed by atoms with E-state index in [0.29, 0.717) is 5.69 Å². The Kier molecular flexibility index (Phi) is 3.99. The molecule has 1 aromatic heterocycles. The highest BCUT2D eigenvalue weighted by Gasteiger charge is 2.53. The Balaban J connectivity index is 2.29. The zero-order chi connectivity index (χ0) is 16.7. The number of alkyl halides is 3. The minimum Gasteiger partial charge on any atom is -0.481 e. The molecule has 2 N–H and O–H groups in total. The number of pyridine rings is 1. The Hall–Kier alpha value is -2.32. The average molecular weight is 318 g/mol. The summed E-state index contributed by atoms with van der Waals surface area (Å²) in [6.07, 6.45) is -4.72. The molecule has 0 aliphatic carbocycles. The topological polar surface area (TPSA) is 90.5 Å². The molecule has 22 heavy (non-hydrogen) atoms.